The largest absolute Gasteiger partial charge is 0.469 e. The van der Waals surface area contributed by atoms with Gasteiger partial charge < -0.3 is 15.0 Å². The zero-order chi connectivity index (χ0) is 12.7. The SMILES string of the molecule is COC(=O)CCCSc1nnc(C)n1CCN. The van der Waals surface area contributed by atoms with Gasteiger partial charge in [0.25, 0.3) is 0 Å². The van der Waals surface area contributed by atoms with E-state index in [0.29, 0.717) is 13.0 Å². The third kappa shape index (κ3) is 4.35. The van der Waals surface area contributed by atoms with Gasteiger partial charge >= 0.3 is 5.97 Å². The molecule has 0 saturated carbocycles. The van der Waals surface area contributed by atoms with Crippen LogP contribution in [0.3, 0.4) is 0 Å². The highest BCUT2D eigenvalue weighted by atomic mass is 32.2. The van der Waals surface area contributed by atoms with Gasteiger partial charge in [-0.15, -0.1) is 10.2 Å². The van der Waals surface area contributed by atoms with Gasteiger partial charge in [0.1, 0.15) is 5.82 Å². The Kier molecular flexibility index (Phi) is 5.99. The number of hydrogen-bond acceptors (Lipinski definition) is 6. The van der Waals surface area contributed by atoms with E-state index in [1.807, 2.05) is 11.5 Å². The van der Waals surface area contributed by atoms with Gasteiger partial charge in [0.15, 0.2) is 5.16 Å². The third-order valence-electron chi connectivity index (χ3n) is 2.24. The predicted molar refractivity (Wildman–Crippen MR) is 65.8 cm³/mol. The second kappa shape index (κ2) is 7.29. The Morgan fingerprint density at radius 1 is 1.53 bits per heavy atom. The van der Waals surface area contributed by atoms with Gasteiger partial charge in [-0.05, 0) is 13.3 Å². The van der Waals surface area contributed by atoms with E-state index >= 15 is 0 Å². The van der Waals surface area contributed by atoms with Crippen molar-refractivity contribution in [2.75, 3.05) is 19.4 Å². The summed E-state index contributed by atoms with van der Waals surface area (Å²) in [5.74, 6) is 1.51. The van der Waals surface area contributed by atoms with Crippen LogP contribution in [0.5, 0.6) is 0 Å². The minimum atomic E-state index is -0.176. The van der Waals surface area contributed by atoms with Gasteiger partial charge in [-0.1, -0.05) is 11.8 Å². The number of carbonyl (C=O) groups excluding carboxylic acids is 1. The smallest absolute Gasteiger partial charge is 0.305 e. The van der Waals surface area contributed by atoms with Crippen LogP contribution in [-0.2, 0) is 16.1 Å². The first kappa shape index (κ1) is 14.0. The van der Waals surface area contributed by atoms with Gasteiger partial charge in [0, 0.05) is 25.3 Å². The van der Waals surface area contributed by atoms with Crippen molar-refractivity contribution in [3.05, 3.63) is 5.82 Å². The lowest BCUT2D eigenvalue weighted by molar-refractivity contribution is -0.140. The highest BCUT2D eigenvalue weighted by molar-refractivity contribution is 7.99. The number of carbonyl (C=O) groups is 1. The molecule has 0 saturated heterocycles. The molecular weight excluding hydrogens is 240 g/mol. The van der Waals surface area contributed by atoms with Crippen LogP contribution < -0.4 is 5.73 Å². The van der Waals surface area contributed by atoms with Crippen molar-refractivity contribution >= 4 is 17.7 Å². The summed E-state index contributed by atoms with van der Waals surface area (Å²) in [5.41, 5.74) is 5.52. The molecule has 0 aliphatic rings. The van der Waals surface area contributed by atoms with E-state index in [-0.39, 0.29) is 5.97 Å². The molecule has 0 amide bonds. The van der Waals surface area contributed by atoms with Crippen LogP contribution in [0, 0.1) is 6.92 Å². The Labute approximate surface area is 105 Å². The van der Waals surface area contributed by atoms with Crippen LogP contribution in [0.2, 0.25) is 0 Å². The molecule has 1 aromatic heterocycles. The zero-order valence-electron chi connectivity index (χ0n) is 10.2. The van der Waals surface area contributed by atoms with E-state index in [1.54, 1.807) is 11.8 Å². The topological polar surface area (TPSA) is 83.0 Å². The number of hydrogen-bond donors (Lipinski definition) is 1. The van der Waals surface area contributed by atoms with Crippen molar-refractivity contribution in [2.24, 2.45) is 5.73 Å². The van der Waals surface area contributed by atoms with E-state index in [4.69, 9.17) is 5.73 Å². The molecule has 0 fully saturated rings. The first-order chi connectivity index (χ1) is 8.19. The van der Waals surface area contributed by atoms with Crippen LogP contribution >= 0.6 is 11.8 Å². The van der Waals surface area contributed by atoms with Crippen molar-refractivity contribution in [3.8, 4) is 0 Å². The molecule has 96 valence electrons. The standard InChI is InChI=1S/C10H18N4O2S/c1-8-12-13-10(14(8)6-5-11)17-7-3-4-9(15)16-2/h3-7,11H2,1-2H3. The van der Waals surface area contributed by atoms with Crippen LogP contribution in [0.15, 0.2) is 5.16 Å². The highest BCUT2D eigenvalue weighted by Crippen LogP contribution is 2.18. The maximum Gasteiger partial charge on any atom is 0.305 e. The second-order valence-electron chi connectivity index (χ2n) is 3.50. The molecule has 0 aromatic carbocycles. The molecule has 0 aliphatic heterocycles. The summed E-state index contributed by atoms with van der Waals surface area (Å²) < 4.78 is 6.56. The molecule has 2 N–H and O–H groups in total. The predicted octanol–water partition coefficient (Wildman–Crippen LogP) is 0.591. The number of nitrogens with two attached hydrogens (primary N) is 1. The molecule has 0 aliphatic carbocycles. The number of ether oxygens (including phenoxy) is 1. The Balaban J connectivity index is 2.38. The van der Waals surface area contributed by atoms with Crippen LogP contribution in [0.4, 0.5) is 0 Å². The summed E-state index contributed by atoms with van der Waals surface area (Å²) in [4.78, 5) is 10.9. The van der Waals surface area contributed by atoms with Crippen molar-refractivity contribution in [2.45, 2.75) is 31.5 Å². The Morgan fingerprint density at radius 3 is 2.94 bits per heavy atom. The van der Waals surface area contributed by atoms with Crippen molar-refractivity contribution in [3.63, 3.8) is 0 Å². The number of esters is 1. The molecule has 0 atom stereocenters. The van der Waals surface area contributed by atoms with Gasteiger partial charge in [-0.3, -0.25) is 4.79 Å². The Hall–Kier alpha value is -1.08. The summed E-state index contributed by atoms with van der Waals surface area (Å²) in [6.07, 6.45) is 1.21. The van der Waals surface area contributed by atoms with E-state index in [0.717, 1.165) is 29.7 Å². The minimum absolute atomic E-state index is 0.176. The van der Waals surface area contributed by atoms with Crippen LogP contribution in [0.1, 0.15) is 18.7 Å². The summed E-state index contributed by atoms with van der Waals surface area (Å²) in [6.45, 7) is 3.19. The quantitative estimate of drug-likeness (QED) is 0.438. The highest BCUT2D eigenvalue weighted by Gasteiger charge is 2.08. The number of nitrogens with zero attached hydrogens (tertiary/aromatic N) is 3. The summed E-state index contributed by atoms with van der Waals surface area (Å²) in [5, 5.41) is 8.94. The van der Waals surface area contributed by atoms with Gasteiger partial charge in [-0.25, -0.2) is 0 Å². The lowest BCUT2D eigenvalue weighted by Crippen LogP contribution is -2.12. The molecule has 1 rings (SSSR count). The third-order valence-corrected chi connectivity index (χ3v) is 3.29. The maximum atomic E-state index is 10.9. The average molecular weight is 258 g/mol. The average Bonchev–Trinajstić information content (AvgIpc) is 2.67. The zero-order valence-corrected chi connectivity index (χ0v) is 11.0. The van der Waals surface area contributed by atoms with Crippen molar-refractivity contribution < 1.29 is 9.53 Å². The van der Waals surface area contributed by atoms with Crippen molar-refractivity contribution in [1.29, 1.82) is 0 Å². The number of thioether (sulfide) groups is 1. The first-order valence-corrected chi connectivity index (χ1v) is 6.47. The van der Waals surface area contributed by atoms with Crippen molar-refractivity contribution in [1.82, 2.24) is 14.8 Å². The minimum Gasteiger partial charge on any atom is -0.469 e. The van der Waals surface area contributed by atoms with Crippen LogP contribution in [0.25, 0.3) is 0 Å². The monoisotopic (exact) mass is 258 g/mol. The molecule has 0 bridgehead atoms. The van der Waals surface area contributed by atoms with E-state index in [2.05, 4.69) is 14.9 Å². The normalized spacial score (nSPS) is 10.5. The fourth-order valence-corrected chi connectivity index (χ4v) is 2.29. The fraction of sp³-hybridized carbons (Fsp3) is 0.700. The van der Waals surface area contributed by atoms with E-state index < -0.39 is 0 Å². The molecule has 0 radical (unpaired) electrons. The molecule has 7 heteroatoms. The molecule has 1 heterocycles. The number of aromatic nitrogens is 3. The summed E-state index contributed by atoms with van der Waals surface area (Å²) in [6, 6.07) is 0. The van der Waals surface area contributed by atoms with Gasteiger partial charge in [0.05, 0.1) is 7.11 Å². The molecular formula is C10H18N4O2S. The first-order valence-electron chi connectivity index (χ1n) is 5.48. The number of aryl methyl sites for hydroxylation is 1. The number of methoxy groups -OCH3 is 1. The Morgan fingerprint density at radius 2 is 2.29 bits per heavy atom. The lowest BCUT2D eigenvalue weighted by atomic mass is 10.3. The van der Waals surface area contributed by atoms with Crippen LogP contribution in [-0.4, -0.2) is 40.1 Å². The molecule has 0 unspecified atom stereocenters. The maximum absolute atomic E-state index is 10.9. The molecule has 6 nitrogen and oxygen atoms in total. The Bertz CT molecular complexity index is 367. The van der Waals surface area contributed by atoms with E-state index in [9.17, 15) is 4.79 Å². The van der Waals surface area contributed by atoms with E-state index in [1.165, 1.54) is 7.11 Å². The molecule has 0 spiro atoms. The molecule has 1 aromatic rings. The number of rotatable bonds is 7. The van der Waals surface area contributed by atoms with Gasteiger partial charge in [-0.2, -0.15) is 0 Å². The molecule has 17 heavy (non-hydrogen) atoms. The summed E-state index contributed by atoms with van der Waals surface area (Å²) >= 11 is 1.59. The second-order valence-corrected chi connectivity index (χ2v) is 4.56. The lowest BCUT2D eigenvalue weighted by Gasteiger charge is -2.05. The summed E-state index contributed by atoms with van der Waals surface area (Å²) in [7, 11) is 1.40. The van der Waals surface area contributed by atoms with Gasteiger partial charge in [0.2, 0.25) is 0 Å². The fourth-order valence-electron chi connectivity index (χ4n) is 1.34.